The fraction of sp³-hybridized carbons (Fsp3) is 0.200. The summed E-state index contributed by atoms with van der Waals surface area (Å²) in [6.45, 7) is 0.662. The molecule has 5 nitrogen and oxygen atoms in total. The van der Waals surface area contributed by atoms with Crippen LogP contribution in [0.1, 0.15) is 20.7 Å². The van der Waals surface area contributed by atoms with Gasteiger partial charge < -0.3 is 15.2 Å². The van der Waals surface area contributed by atoms with Crippen molar-refractivity contribution >= 4 is 11.9 Å². The Balaban J connectivity index is 2.58. The third-order valence-corrected chi connectivity index (χ3v) is 2.12. The summed E-state index contributed by atoms with van der Waals surface area (Å²) in [4.78, 5) is 22.4. The van der Waals surface area contributed by atoms with Crippen LogP contribution in [0.4, 0.5) is 0 Å². The van der Waals surface area contributed by atoms with Crippen LogP contribution in [-0.4, -0.2) is 30.1 Å². The van der Waals surface area contributed by atoms with Crippen molar-refractivity contribution in [1.82, 2.24) is 5.32 Å². The minimum atomic E-state index is -1.10. The second-order valence-corrected chi connectivity index (χ2v) is 3.09. The summed E-state index contributed by atoms with van der Waals surface area (Å²) >= 11 is 0. The number of carbonyl (C=O) groups is 2. The average Bonchev–Trinajstić information content (AvgIpc) is 2.40. The lowest BCUT2D eigenvalue weighted by atomic mass is 10.1. The highest BCUT2D eigenvalue weighted by Gasteiger charge is 2.21. The maximum absolute atomic E-state index is 11.5. The van der Waals surface area contributed by atoms with Crippen molar-refractivity contribution in [1.29, 1.82) is 0 Å². The molecule has 1 heterocycles. The molecule has 1 aromatic rings. The van der Waals surface area contributed by atoms with E-state index in [1.54, 1.807) is 6.07 Å². The summed E-state index contributed by atoms with van der Waals surface area (Å²) in [5, 5.41) is 11.5. The molecule has 0 aliphatic carbocycles. The molecule has 15 heavy (non-hydrogen) atoms. The van der Waals surface area contributed by atoms with Crippen molar-refractivity contribution in [2.45, 2.75) is 0 Å². The number of carboxylic acids is 1. The molecule has 0 bridgehead atoms. The zero-order valence-electron chi connectivity index (χ0n) is 7.82. The zero-order chi connectivity index (χ0) is 10.8. The summed E-state index contributed by atoms with van der Waals surface area (Å²) in [5.41, 5.74) is 0.289. The summed E-state index contributed by atoms with van der Waals surface area (Å²) in [7, 11) is 0. The SMILES string of the molecule is O=C(O)c1cccc2c1OCCNC2=O. The average molecular weight is 207 g/mol. The van der Waals surface area contributed by atoms with Gasteiger partial charge in [0, 0.05) is 0 Å². The van der Waals surface area contributed by atoms with E-state index in [1.165, 1.54) is 12.1 Å². The van der Waals surface area contributed by atoms with Gasteiger partial charge in [-0.2, -0.15) is 0 Å². The van der Waals surface area contributed by atoms with Gasteiger partial charge in [0.25, 0.3) is 5.91 Å². The van der Waals surface area contributed by atoms with Crippen molar-refractivity contribution in [3.05, 3.63) is 29.3 Å². The van der Waals surface area contributed by atoms with Crippen molar-refractivity contribution < 1.29 is 19.4 Å². The van der Waals surface area contributed by atoms with Gasteiger partial charge in [0.2, 0.25) is 0 Å². The zero-order valence-corrected chi connectivity index (χ0v) is 7.82. The van der Waals surface area contributed by atoms with E-state index >= 15 is 0 Å². The van der Waals surface area contributed by atoms with Crippen molar-refractivity contribution in [2.75, 3.05) is 13.2 Å². The number of carboxylic acid groups (broad SMARTS) is 1. The van der Waals surface area contributed by atoms with Crippen molar-refractivity contribution in [2.24, 2.45) is 0 Å². The van der Waals surface area contributed by atoms with Crippen molar-refractivity contribution in [3.63, 3.8) is 0 Å². The highest BCUT2D eigenvalue weighted by molar-refractivity contribution is 6.02. The van der Waals surface area contributed by atoms with Gasteiger partial charge in [-0.1, -0.05) is 6.07 Å². The third-order valence-electron chi connectivity index (χ3n) is 2.12. The smallest absolute Gasteiger partial charge is 0.339 e. The molecule has 2 rings (SSSR count). The topological polar surface area (TPSA) is 75.6 Å². The minimum Gasteiger partial charge on any atom is -0.490 e. The summed E-state index contributed by atoms with van der Waals surface area (Å²) in [6.07, 6.45) is 0. The molecule has 0 saturated heterocycles. The summed E-state index contributed by atoms with van der Waals surface area (Å²) in [6, 6.07) is 4.48. The molecule has 0 aromatic heterocycles. The maximum Gasteiger partial charge on any atom is 0.339 e. The monoisotopic (exact) mass is 207 g/mol. The Morgan fingerprint density at radius 3 is 3.00 bits per heavy atom. The largest absolute Gasteiger partial charge is 0.490 e. The number of rotatable bonds is 1. The van der Waals surface area contributed by atoms with E-state index in [-0.39, 0.29) is 29.4 Å². The lowest BCUT2D eigenvalue weighted by Crippen LogP contribution is -2.24. The van der Waals surface area contributed by atoms with E-state index in [2.05, 4.69) is 5.32 Å². The van der Waals surface area contributed by atoms with Gasteiger partial charge in [0.1, 0.15) is 17.9 Å². The van der Waals surface area contributed by atoms with Gasteiger partial charge in [-0.15, -0.1) is 0 Å². The molecule has 2 N–H and O–H groups in total. The number of hydrogen-bond donors (Lipinski definition) is 2. The number of benzene rings is 1. The third kappa shape index (κ3) is 1.63. The Bertz CT molecular complexity index is 427. The predicted octanol–water partition coefficient (Wildman–Crippen LogP) is 0.507. The van der Waals surface area contributed by atoms with Gasteiger partial charge in [0.05, 0.1) is 12.1 Å². The first-order chi connectivity index (χ1) is 7.20. The Morgan fingerprint density at radius 1 is 1.47 bits per heavy atom. The first-order valence-electron chi connectivity index (χ1n) is 4.47. The standard InChI is InChI=1S/C10H9NO4/c12-9-6-2-1-3-7(10(13)14)8(6)15-5-4-11-9/h1-3H,4-5H2,(H,11,12)(H,13,14). The first kappa shape index (κ1) is 9.51. The van der Waals surface area contributed by atoms with E-state index < -0.39 is 5.97 Å². The number of carbonyl (C=O) groups excluding carboxylic acids is 1. The summed E-state index contributed by atoms with van der Waals surface area (Å²) < 4.78 is 5.25. The molecule has 1 aliphatic rings. The van der Waals surface area contributed by atoms with Gasteiger partial charge in [-0.3, -0.25) is 4.79 Å². The number of nitrogens with one attached hydrogen (secondary N) is 1. The number of amides is 1. The number of fused-ring (bicyclic) bond motifs is 1. The number of ether oxygens (including phenoxy) is 1. The Labute approximate surface area is 85.7 Å². The van der Waals surface area contributed by atoms with Gasteiger partial charge in [0.15, 0.2) is 0 Å². The fourth-order valence-electron chi connectivity index (χ4n) is 1.45. The minimum absolute atomic E-state index is 0.0181. The molecule has 0 unspecified atom stereocenters. The van der Waals surface area contributed by atoms with E-state index in [0.717, 1.165) is 0 Å². The molecule has 1 aliphatic heterocycles. The van der Waals surface area contributed by atoms with Crippen LogP contribution in [0.3, 0.4) is 0 Å². The Kier molecular flexibility index (Phi) is 2.29. The normalized spacial score (nSPS) is 14.5. The Hall–Kier alpha value is -2.04. The van der Waals surface area contributed by atoms with Crippen LogP contribution in [0.5, 0.6) is 5.75 Å². The Morgan fingerprint density at radius 2 is 2.27 bits per heavy atom. The number of para-hydroxylation sites is 1. The van der Waals surface area contributed by atoms with E-state index in [4.69, 9.17) is 9.84 Å². The van der Waals surface area contributed by atoms with Gasteiger partial charge >= 0.3 is 5.97 Å². The maximum atomic E-state index is 11.5. The number of aromatic carboxylic acids is 1. The number of hydrogen-bond acceptors (Lipinski definition) is 3. The highest BCUT2D eigenvalue weighted by Crippen LogP contribution is 2.25. The molecule has 0 spiro atoms. The van der Waals surface area contributed by atoms with E-state index in [1.807, 2.05) is 0 Å². The molecule has 1 aromatic carbocycles. The second kappa shape index (κ2) is 3.61. The van der Waals surface area contributed by atoms with Crippen LogP contribution in [0.2, 0.25) is 0 Å². The lowest BCUT2D eigenvalue weighted by Gasteiger charge is -2.07. The van der Waals surface area contributed by atoms with Crippen LogP contribution in [0.15, 0.2) is 18.2 Å². The molecule has 5 heteroatoms. The molecule has 0 fully saturated rings. The molecule has 0 atom stereocenters. The van der Waals surface area contributed by atoms with Crippen LogP contribution < -0.4 is 10.1 Å². The lowest BCUT2D eigenvalue weighted by molar-refractivity contribution is 0.0692. The van der Waals surface area contributed by atoms with Gasteiger partial charge in [-0.05, 0) is 12.1 Å². The molecule has 0 radical (unpaired) electrons. The van der Waals surface area contributed by atoms with Crippen LogP contribution in [-0.2, 0) is 0 Å². The predicted molar refractivity (Wildman–Crippen MR) is 51.2 cm³/mol. The quantitative estimate of drug-likeness (QED) is 0.703. The van der Waals surface area contributed by atoms with E-state index in [0.29, 0.717) is 6.54 Å². The molecule has 0 saturated carbocycles. The molecule has 78 valence electrons. The fourth-order valence-corrected chi connectivity index (χ4v) is 1.45. The van der Waals surface area contributed by atoms with Crippen LogP contribution in [0.25, 0.3) is 0 Å². The molecule has 1 amide bonds. The second-order valence-electron chi connectivity index (χ2n) is 3.09. The van der Waals surface area contributed by atoms with Crippen LogP contribution >= 0.6 is 0 Å². The summed E-state index contributed by atoms with van der Waals surface area (Å²) in [5.74, 6) is -1.24. The van der Waals surface area contributed by atoms with Crippen LogP contribution in [0, 0.1) is 0 Å². The first-order valence-corrected chi connectivity index (χ1v) is 4.47. The highest BCUT2D eigenvalue weighted by atomic mass is 16.5. The van der Waals surface area contributed by atoms with Crippen molar-refractivity contribution in [3.8, 4) is 5.75 Å². The van der Waals surface area contributed by atoms with Gasteiger partial charge in [-0.25, -0.2) is 4.79 Å². The van der Waals surface area contributed by atoms with E-state index in [9.17, 15) is 9.59 Å². The molecular formula is C10H9NO4. The molecular weight excluding hydrogens is 198 g/mol.